The first-order valence-corrected chi connectivity index (χ1v) is 12.5. The SMILES string of the molecule is O=S(=O)(c1ccc(Cl)cc1)N(c1ccc(F)cc1)C1CCN(Cc2ccc(Cl)cc2)CC1. The van der Waals surface area contributed by atoms with Crippen LogP contribution in [0, 0.1) is 5.82 Å². The molecule has 32 heavy (non-hydrogen) atoms. The first kappa shape index (κ1) is 23.1. The lowest BCUT2D eigenvalue weighted by Crippen LogP contribution is -2.47. The lowest BCUT2D eigenvalue weighted by molar-refractivity contribution is 0.206. The van der Waals surface area contributed by atoms with E-state index in [0.29, 0.717) is 28.6 Å². The Hall–Kier alpha value is -2.12. The molecule has 0 spiro atoms. The number of hydrogen-bond donors (Lipinski definition) is 0. The molecule has 0 amide bonds. The fourth-order valence-electron chi connectivity index (χ4n) is 4.01. The van der Waals surface area contributed by atoms with Gasteiger partial charge in [-0.1, -0.05) is 35.3 Å². The van der Waals surface area contributed by atoms with Crippen LogP contribution in [0.15, 0.2) is 77.7 Å². The van der Waals surface area contributed by atoms with Gasteiger partial charge in [0.1, 0.15) is 5.82 Å². The summed E-state index contributed by atoms with van der Waals surface area (Å²) < 4.78 is 42.2. The Bertz CT molecular complexity index is 1150. The van der Waals surface area contributed by atoms with Gasteiger partial charge in [-0.05, 0) is 79.1 Å². The fraction of sp³-hybridized carbons (Fsp3) is 0.250. The van der Waals surface area contributed by atoms with Crippen molar-refractivity contribution in [2.45, 2.75) is 30.3 Å². The zero-order valence-electron chi connectivity index (χ0n) is 17.3. The molecule has 3 aromatic carbocycles. The van der Waals surface area contributed by atoms with E-state index in [-0.39, 0.29) is 10.9 Å². The number of piperidine rings is 1. The number of benzene rings is 3. The summed E-state index contributed by atoms with van der Waals surface area (Å²) in [6.45, 7) is 2.28. The summed E-state index contributed by atoms with van der Waals surface area (Å²) >= 11 is 11.9. The second kappa shape index (κ2) is 9.79. The van der Waals surface area contributed by atoms with Crippen LogP contribution in [-0.2, 0) is 16.6 Å². The van der Waals surface area contributed by atoms with Gasteiger partial charge >= 0.3 is 0 Å². The molecule has 0 aliphatic carbocycles. The molecule has 4 nitrogen and oxygen atoms in total. The van der Waals surface area contributed by atoms with Crippen LogP contribution in [0.2, 0.25) is 10.0 Å². The maximum atomic E-state index is 13.6. The standard InChI is InChI=1S/C24H23Cl2FN2O2S/c25-19-3-1-18(2-4-19)17-28-15-13-23(14-16-28)29(22-9-7-21(27)8-10-22)32(30,31)24-11-5-20(26)6-12-24/h1-12,23H,13-17H2. The molecule has 0 radical (unpaired) electrons. The maximum Gasteiger partial charge on any atom is 0.264 e. The Labute approximate surface area is 198 Å². The van der Waals surface area contributed by atoms with E-state index in [2.05, 4.69) is 4.90 Å². The molecule has 3 aromatic rings. The van der Waals surface area contributed by atoms with Crippen LogP contribution in [0.5, 0.6) is 0 Å². The van der Waals surface area contributed by atoms with E-state index in [1.54, 1.807) is 12.1 Å². The van der Waals surface area contributed by atoms with E-state index in [0.717, 1.165) is 25.2 Å². The van der Waals surface area contributed by atoms with Crippen molar-refractivity contribution in [2.75, 3.05) is 17.4 Å². The third kappa shape index (κ3) is 5.26. The smallest absolute Gasteiger partial charge is 0.264 e. The number of halogens is 3. The summed E-state index contributed by atoms with van der Waals surface area (Å²) in [5.41, 5.74) is 1.62. The number of likely N-dealkylation sites (tertiary alicyclic amines) is 1. The van der Waals surface area contributed by atoms with Crippen LogP contribution in [-0.4, -0.2) is 32.4 Å². The van der Waals surface area contributed by atoms with E-state index in [9.17, 15) is 12.8 Å². The number of nitrogens with zero attached hydrogens (tertiary/aromatic N) is 2. The summed E-state index contributed by atoms with van der Waals surface area (Å²) in [5.74, 6) is -0.407. The Morgan fingerprint density at radius 1 is 0.844 bits per heavy atom. The number of anilines is 1. The molecule has 1 aliphatic heterocycles. The minimum atomic E-state index is -3.85. The molecular formula is C24H23Cl2FN2O2S. The van der Waals surface area contributed by atoms with Crippen molar-refractivity contribution in [2.24, 2.45) is 0 Å². The minimum Gasteiger partial charge on any atom is -0.299 e. The second-order valence-electron chi connectivity index (χ2n) is 7.86. The van der Waals surface area contributed by atoms with Crippen LogP contribution >= 0.6 is 23.2 Å². The van der Waals surface area contributed by atoms with Gasteiger partial charge < -0.3 is 0 Å². The molecular weight excluding hydrogens is 470 g/mol. The van der Waals surface area contributed by atoms with E-state index in [1.807, 2.05) is 24.3 Å². The molecule has 0 saturated carbocycles. The van der Waals surface area contributed by atoms with E-state index in [4.69, 9.17) is 23.2 Å². The van der Waals surface area contributed by atoms with Crippen LogP contribution in [0.25, 0.3) is 0 Å². The maximum absolute atomic E-state index is 13.6. The lowest BCUT2D eigenvalue weighted by atomic mass is 10.0. The number of hydrogen-bond acceptors (Lipinski definition) is 3. The molecule has 4 rings (SSSR count). The summed E-state index contributed by atoms with van der Waals surface area (Å²) in [6.07, 6.45) is 1.33. The zero-order chi connectivity index (χ0) is 22.7. The van der Waals surface area contributed by atoms with Crippen molar-refractivity contribution in [3.8, 4) is 0 Å². The van der Waals surface area contributed by atoms with Crippen LogP contribution in [0.4, 0.5) is 10.1 Å². The Morgan fingerprint density at radius 2 is 1.38 bits per heavy atom. The Morgan fingerprint density at radius 3 is 1.94 bits per heavy atom. The van der Waals surface area contributed by atoms with Gasteiger partial charge in [0.15, 0.2) is 0 Å². The monoisotopic (exact) mass is 492 g/mol. The molecule has 168 valence electrons. The van der Waals surface area contributed by atoms with Crippen LogP contribution < -0.4 is 4.31 Å². The summed E-state index contributed by atoms with van der Waals surface area (Å²) in [4.78, 5) is 2.46. The Balaban J connectivity index is 1.56. The highest BCUT2D eigenvalue weighted by molar-refractivity contribution is 7.92. The van der Waals surface area contributed by atoms with Gasteiger partial charge in [-0.15, -0.1) is 0 Å². The van der Waals surface area contributed by atoms with Crippen molar-refractivity contribution in [3.63, 3.8) is 0 Å². The molecule has 8 heteroatoms. The molecule has 1 saturated heterocycles. The van der Waals surface area contributed by atoms with Crippen LogP contribution in [0.3, 0.4) is 0 Å². The van der Waals surface area contributed by atoms with Gasteiger partial charge in [0.05, 0.1) is 10.6 Å². The molecule has 0 unspecified atom stereocenters. The summed E-state index contributed by atoms with van der Waals surface area (Å²) in [6, 6.07) is 19.3. The minimum absolute atomic E-state index is 0.162. The predicted octanol–water partition coefficient (Wildman–Crippen LogP) is 5.99. The van der Waals surface area contributed by atoms with Gasteiger partial charge in [-0.3, -0.25) is 9.21 Å². The third-order valence-electron chi connectivity index (χ3n) is 5.66. The normalized spacial score (nSPS) is 15.6. The highest BCUT2D eigenvalue weighted by atomic mass is 35.5. The lowest BCUT2D eigenvalue weighted by Gasteiger charge is -2.39. The average Bonchev–Trinajstić information content (AvgIpc) is 2.78. The second-order valence-corrected chi connectivity index (χ2v) is 10.6. The Kier molecular flexibility index (Phi) is 7.05. The molecule has 1 heterocycles. The van der Waals surface area contributed by atoms with Crippen molar-refractivity contribution in [1.29, 1.82) is 0 Å². The summed E-state index contributed by atoms with van der Waals surface area (Å²) in [7, 11) is -3.85. The first-order valence-electron chi connectivity index (χ1n) is 10.4. The number of rotatable bonds is 6. The topological polar surface area (TPSA) is 40.6 Å². The summed E-state index contributed by atoms with van der Waals surface area (Å²) in [5, 5.41) is 1.17. The quantitative estimate of drug-likeness (QED) is 0.424. The highest BCUT2D eigenvalue weighted by Crippen LogP contribution is 2.31. The third-order valence-corrected chi connectivity index (χ3v) is 8.06. The van der Waals surface area contributed by atoms with Gasteiger partial charge in [-0.25, -0.2) is 12.8 Å². The van der Waals surface area contributed by atoms with Crippen molar-refractivity contribution < 1.29 is 12.8 Å². The largest absolute Gasteiger partial charge is 0.299 e. The van der Waals surface area contributed by atoms with Gasteiger partial charge in [-0.2, -0.15) is 0 Å². The van der Waals surface area contributed by atoms with Crippen molar-refractivity contribution in [1.82, 2.24) is 4.90 Å². The first-order chi connectivity index (χ1) is 15.3. The molecule has 0 atom stereocenters. The molecule has 1 aliphatic rings. The van der Waals surface area contributed by atoms with Crippen molar-refractivity contribution >= 4 is 38.9 Å². The fourth-order valence-corrected chi connectivity index (χ4v) is 5.98. The van der Waals surface area contributed by atoms with Gasteiger partial charge in [0.25, 0.3) is 10.0 Å². The molecule has 0 bridgehead atoms. The van der Waals surface area contributed by atoms with Crippen molar-refractivity contribution in [3.05, 3.63) is 94.2 Å². The van der Waals surface area contributed by atoms with Crippen LogP contribution in [0.1, 0.15) is 18.4 Å². The van der Waals surface area contributed by atoms with Gasteiger partial charge in [0, 0.05) is 35.7 Å². The van der Waals surface area contributed by atoms with Gasteiger partial charge in [0.2, 0.25) is 0 Å². The molecule has 1 fully saturated rings. The molecule has 0 N–H and O–H groups in total. The number of sulfonamides is 1. The molecule has 0 aromatic heterocycles. The highest BCUT2D eigenvalue weighted by Gasteiger charge is 2.34. The average molecular weight is 493 g/mol. The predicted molar refractivity (Wildman–Crippen MR) is 127 cm³/mol. The van der Waals surface area contributed by atoms with E-state index >= 15 is 0 Å². The zero-order valence-corrected chi connectivity index (χ0v) is 19.6. The van der Waals surface area contributed by atoms with E-state index in [1.165, 1.54) is 40.7 Å². The van der Waals surface area contributed by atoms with E-state index < -0.39 is 15.8 Å².